The highest BCUT2D eigenvalue weighted by Gasteiger charge is 2.39. The Bertz CT molecular complexity index is 201. The van der Waals surface area contributed by atoms with Crippen molar-refractivity contribution in [2.24, 2.45) is 5.92 Å². The summed E-state index contributed by atoms with van der Waals surface area (Å²) in [7, 11) is 3.43. The van der Waals surface area contributed by atoms with E-state index in [1.165, 1.54) is 4.90 Å². The first kappa shape index (κ1) is 12.5. The number of amides is 1. The van der Waals surface area contributed by atoms with Gasteiger partial charge in [0.2, 0.25) is 5.91 Å². The minimum absolute atomic E-state index is 0.0518. The van der Waals surface area contributed by atoms with E-state index in [-0.39, 0.29) is 11.8 Å². The topological polar surface area (TPSA) is 20.3 Å². The molecule has 1 unspecified atom stereocenters. The van der Waals surface area contributed by atoms with Crippen LogP contribution in [-0.4, -0.2) is 29.8 Å². The van der Waals surface area contributed by atoms with E-state index >= 15 is 0 Å². The molecule has 1 atom stereocenters. The Labute approximate surface area is 85.6 Å². The molecule has 0 rings (SSSR count). The molecule has 0 heterocycles. The van der Waals surface area contributed by atoms with Crippen molar-refractivity contribution in [2.45, 2.75) is 25.1 Å². The molecule has 0 aliphatic carbocycles. The van der Waals surface area contributed by atoms with E-state index in [0.717, 1.165) is 0 Å². The Morgan fingerprint density at radius 2 is 2.08 bits per heavy atom. The van der Waals surface area contributed by atoms with E-state index in [1.807, 2.05) is 13.8 Å². The molecule has 0 saturated heterocycles. The molecule has 0 aromatic heterocycles. The Balaban J connectivity index is 4.77. The fourth-order valence-corrected chi connectivity index (χ4v) is 1.43. The molecule has 0 bridgehead atoms. The van der Waals surface area contributed by atoms with Crippen LogP contribution < -0.4 is 0 Å². The fourth-order valence-electron chi connectivity index (χ4n) is 1.15. The number of carbonyl (C=O) groups is 1. The highest BCUT2D eigenvalue weighted by Crippen LogP contribution is 2.31. The van der Waals surface area contributed by atoms with Gasteiger partial charge in [-0.25, -0.2) is 0 Å². The zero-order valence-corrected chi connectivity index (χ0v) is 9.56. The molecule has 0 aliphatic rings. The highest BCUT2D eigenvalue weighted by molar-refractivity contribution is 6.35. The standard InChI is InChI=1S/C10H18ClNO/c1-6-7-10(11,8(2)3)9(13)12(4)5/h6,8H,1,7H2,2-5H3. The van der Waals surface area contributed by atoms with Gasteiger partial charge >= 0.3 is 0 Å². The number of carbonyl (C=O) groups excluding carboxylic acids is 1. The van der Waals surface area contributed by atoms with Gasteiger partial charge in [0.25, 0.3) is 0 Å². The molecule has 0 fully saturated rings. The van der Waals surface area contributed by atoms with Crippen molar-refractivity contribution >= 4 is 17.5 Å². The molecule has 0 aliphatic heterocycles. The minimum atomic E-state index is -0.828. The fraction of sp³-hybridized carbons (Fsp3) is 0.700. The lowest BCUT2D eigenvalue weighted by Gasteiger charge is -2.31. The van der Waals surface area contributed by atoms with Crippen molar-refractivity contribution in [3.05, 3.63) is 12.7 Å². The van der Waals surface area contributed by atoms with E-state index in [9.17, 15) is 4.79 Å². The smallest absolute Gasteiger partial charge is 0.243 e. The van der Waals surface area contributed by atoms with Crippen molar-refractivity contribution < 1.29 is 4.79 Å². The van der Waals surface area contributed by atoms with E-state index in [4.69, 9.17) is 11.6 Å². The molecule has 1 amide bonds. The van der Waals surface area contributed by atoms with E-state index in [0.29, 0.717) is 6.42 Å². The molecule has 13 heavy (non-hydrogen) atoms. The van der Waals surface area contributed by atoms with Crippen LogP contribution in [0, 0.1) is 5.92 Å². The summed E-state index contributed by atoms with van der Waals surface area (Å²) in [6.07, 6.45) is 2.19. The molecule has 0 spiro atoms. The van der Waals surface area contributed by atoms with Crippen LogP contribution in [0.2, 0.25) is 0 Å². The van der Waals surface area contributed by atoms with Crippen molar-refractivity contribution in [3.63, 3.8) is 0 Å². The predicted octanol–water partition coefficient (Wildman–Crippen LogP) is 2.28. The quantitative estimate of drug-likeness (QED) is 0.507. The first-order valence-corrected chi connectivity index (χ1v) is 4.75. The van der Waals surface area contributed by atoms with Crippen LogP contribution in [-0.2, 0) is 4.79 Å². The number of nitrogens with zero attached hydrogens (tertiary/aromatic N) is 1. The average Bonchev–Trinajstić information content (AvgIpc) is 2.02. The first-order chi connectivity index (χ1) is 5.86. The number of hydrogen-bond donors (Lipinski definition) is 0. The third-order valence-electron chi connectivity index (χ3n) is 2.12. The third-order valence-corrected chi connectivity index (χ3v) is 2.87. The maximum Gasteiger partial charge on any atom is 0.243 e. The van der Waals surface area contributed by atoms with Gasteiger partial charge in [0, 0.05) is 14.1 Å². The lowest BCUT2D eigenvalue weighted by atomic mass is 9.90. The molecule has 2 nitrogen and oxygen atoms in total. The third kappa shape index (κ3) is 2.73. The number of hydrogen-bond acceptors (Lipinski definition) is 1. The van der Waals surface area contributed by atoms with Gasteiger partial charge in [-0.3, -0.25) is 4.79 Å². The maximum atomic E-state index is 11.7. The van der Waals surface area contributed by atoms with Crippen LogP contribution in [0.25, 0.3) is 0 Å². The summed E-state index contributed by atoms with van der Waals surface area (Å²) in [5.41, 5.74) is 0. The SMILES string of the molecule is C=CCC(Cl)(C(=O)N(C)C)C(C)C. The van der Waals surface area contributed by atoms with Crippen LogP contribution in [0.15, 0.2) is 12.7 Å². The van der Waals surface area contributed by atoms with E-state index in [1.54, 1.807) is 20.2 Å². The van der Waals surface area contributed by atoms with Crippen LogP contribution in [0.4, 0.5) is 0 Å². The van der Waals surface area contributed by atoms with Crippen LogP contribution in [0.3, 0.4) is 0 Å². The number of allylic oxidation sites excluding steroid dienone is 1. The molecule has 76 valence electrons. The summed E-state index contributed by atoms with van der Waals surface area (Å²) in [6, 6.07) is 0. The number of halogens is 1. The Kier molecular flexibility index (Phi) is 4.48. The lowest BCUT2D eigenvalue weighted by Crippen LogP contribution is -2.45. The first-order valence-electron chi connectivity index (χ1n) is 4.37. The Hall–Kier alpha value is -0.500. The van der Waals surface area contributed by atoms with Gasteiger partial charge in [0.15, 0.2) is 0 Å². The summed E-state index contributed by atoms with van der Waals surface area (Å²) >= 11 is 6.26. The number of rotatable bonds is 4. The molecule has 0 aromatic carbocycles. The highest BCUT2D eigenvalue weighted by atomic mass is 35.5. The van der Waals surface area contributed by atoms with Gasteiger partial charge < -0.3 is 4.90 Å². The average molecular weight is 204 g/mol. The van der Waals surface area contributed by atoms with E-state index < -0.39 is 4.87 Å². The molecule has 0 N–H and O–H groups in total. The summed E-state index contributed by atoms with van der Waals surface area (Å²) in [6.45, 7) is 7.50. The van der Waals surface area contributed by atoms with Gasteiger partial charge in [-0.1, -0.05) is 19.9 Å². The predicted molar refractivity (Wildman–Crippen MR) is 56.9 cm³/mol. The molecular weight excluding hydrogens is 186 g/mol. The van der Waals surface area contributed by atoms with Crippen molar-refractivity contribution in [2.75, 3.05) is 14.1 Å². The zero-order chi connectivity index (χ0) is 10.6. The van der Waals surface area contributed by atoms with Gasteiger partial charge in [-0.2, -0.15) is 0 Å². The van der Waals surface area contributed by atoms with Gasteiger partial charge in [-0.15, -0.1) is 18.2 Å². The van der Waals surface area contributed by atoms with Gasteiger partial charge in [0.1, 0.15) is 4.87 Å². The van der Waals surface area contributed by atoms with Crippen LogP contribution >= 0.6 is 11.6 Å². The molecule has 0 radical (unpaired) electrons. The van der Waals surface area contributed by atoms with Crippen molar-refractivity contribution in [3.8, 4) is 0 Å². The molecule has 3 heteroatoms. The van der Waals surface area contributed by atoms with Crippen LogP contribution in [0.5, 0.6) is 0 Å². The second kappa shape index (κ2) is 4.66. The largest absolute Gasteiger partial charge is 0.347 e. The summed E-state index contributed by atoms with van der Waals surface area (Å²) in [4.78, 5) is 12.4. The summed E-state index contributed by atoms with van der Waals surface area (Å²) in [5, 5.41) is 0. The van der Waals surface area contributed by atoms with Crippen LogP contribution in [0.1, 0.15) is 20.3 Å². The van der Waals surface area contributed by atoms with Gasteiger partial charge in [-0.05, 0) is 12.3 Å². The zero-order valence-electron chi connectivity index (χ0n) is 8.80. The second-order valence-electron chi connectivity index (χ2n) is 3.71. The minimum Gasteiger partial charge on any atom is -0.347 e. The van der Waals surface area contributed by atoms with Crippen molar-refractivity contribution in [1.82, 2.24) is 4.90 Å². The van der Waals surface area contributed by atoms with Crippen molar-refractivity contribution in [1.29, 1.82) is 0 Å². The number of alkyl halides is 1. The maximum absolute atomic E-state index is 11.7. The summed E-state index contributed by atoms with van der Waals surface area (Å²) in [5.74, 6) is 0.0473. The Morgan fingerprint density at radius 3 is 2.31 bits per heavy atom. The normalized spacial score (nSPS) is 15.2. The van der Waals surface area contributed by atoms with Gasteiger partial charge in [0.05, 0.1) is 0 Å². The molecular formula is C10H18ClNO. The monoisotopic (exact) mass is 203 g/mol. The Morgan fingerprint density at radius 1 is 1.62 bits per heavy atom. The second-order valence-corrected chi connectivity index (χ2v) is 4.38. The van der Waals surface area contributed by atoms with E-state index in [2.05, 4.69) is 6.58 Å². The lowest BCUT2D eigenvalue weighted by molar-refractivity contribution is -0.132. The molecule has 0 aromatic rings. The summed E-state index contributed by atoms with van der Waals surface area (Å²) < 4.78 is 0. The molecule has 0 saturated carbocycles.